The van der Waals surface area contributed by atoms with Crippen LogP contribution in [0.5, 0.6) is 0 Å². The Kier molecular flexibility index (Phi) is 3.38. The molecule has 0 aliphatic rings. The minimum atomic E-state index is -0.390. The number of hydrogen-bond donors (Lipinski definition) is 1. The highest BCUT2D eigenvalue weighted by Crippen LogP contribution is 2.23. The van der Waals surface area contributed by atoms with Crippen LogP contribution in [-0.4, -0.2) is 19.6 Å². The molecule has 2 aromatic heterocycles. The average molecular weight is 292 g/mol. The van der Waals surface area contributed by atoms with E-state index in [-0.39, 0.29) is 19.0 Å². The van der Waals surface area contributed by atoms with E-state index >= 15 is 0 Å². The summed E-state index contributed by atoms with van der Waals surface area (Å²) in [4.78, 5) is 8.50. The van der Waals surface area contributed by atoms with E-state index in [1.165, 1.54) is 6.07 Å². The van der Waals surface area contributed by atoms with Gasteiger partial charge in [-0.1, -0.05) is 17.7 Å². The van der Waals surface area contributed by atoms with E-state index in [1.807, 2.05) is 0 Å². The largest absolute Gasteiger partial charge is 0.388 e. The molecule has 0 atom stereocenters. The van der Waals surface area contributed by atoms with Crippen LogP contribution in [0.15, 0.2) is 36.5 Å². The summed E-state index contributed by atoms with van der Waals surface area (Å²) < 4.78 is 15.5. The zero-order chi connectivity index (χ0) is 14.1. The fraction of sp³-hybridized carbons (Fsp3) is 0.143. The maximum absolute atomic E-state index is 13.9. The number of imidazole rings is 1. The van der Waals surface area contributed by atoms with Crippen LogP contribution >= 0.6 is 11.6 Å². The normalized spacial score (nSPS) is 11.2. The Morgan fingerprint density at radius 2 is 2.10 bits per heavy atom. The summed E-state index contributed by atoms with van der Waals surface area (Å²) in [6.07, 6.45) is 1.63. The van der Waals surface area contributed by atoms with Crippen molar-refractivity contribution in [2.24, 2.45) is 0 Å². The van der Waals surface area contributed by atoms with Crippen LogP contribution in [-0.2, 0) is 13.2 Å². The smallest absolute Gasteiger partial charge is 0.160 e. The van der Waals surface area contributed by atoms with Gasteiger partial charge < -0.3 is 9.67 Å². The number of nitrogens with zero attached hydrogens (tertiary/aromatic N) is 3. The topological polar surface area (TPSA) is 50.9 Å². The molecule has 4 nitrogen and oxygen atoms in total. The molecule has 0 saturated carbocycles. The van der Waals surface area contributed by atoms with E-state index in [0.29, 0.717) is 27.6 Å². The van der Waals surface area contributed by atoms with Gasteiger partial charge >= 0.3 is 0 Å². The summed E-state index contributed by atoms with van der Waals surface area (Å²) in [5.74, 6) is 0.0391. The number of rotatable bonds is 3. The third-order valence-electron chi connectivity index (χ3n) is 3.10. The Bertz CT molecular complexity index is 752. The monoisotopic (exact) mass is 291 g/mol. The lowest BCUT2D eigenvalue weighted by molar-refractivity contribution is 0.266. The summed E-state index contributed by atoms with van der Waals surface area (Å²) in [7, 11) is 0. The zero-order valence-corrected chi connectivity index (χ0v) is 11.2. The van der Waals surface area contributed by atoms with Gasteiger partial charge in [0.05, 0.1) is 6.54 Å². The van der Waals surface area contributed by atoms with Crippen molar-refractivity contribution >= 4 is 22.8 Å². The van der Waals surface area contributed by atoms with Crippen molar-refractivity contribution in [2.45, 2.75) is 13.2 Å². The number of aliphatic hydroxyl groups is 1. The molecule has 0 bridgehead atoms. The molecule has 0 fully saturated rings. The van der Waals surface area contributed by atoms with Gasteiger partial charge in [0.25, 0.3) is 0 Å². The van der Waals surface area contributed by atoms with Crippen LogP contribution in [0.2, 0.25) is 5.02 Å². The highest BCUT2D eigenvalue weighted by molar-refractivity contribution is 6.31. The van der Waals surface area contributed by atoms with Crippen LogP contribution in [0.4, 0.5) is 4.39 Å². The van der Waals surface area contributed by atoms with Crippen LogP contribution in [0.3, 0.4) is 0 Å². The van der Waals surface area contributed by atoms with E-state index < -0.39 is 0 Å². The number of benzene rings is 1. The second-order valence-electron chi connectivity index (χ2n) is 4.32. The first-order chi connectivity index (χ1) is 9.70. The van der Waals surface area contributed by atoms with Gasteiger partial charge in [-0.2, -0.15) is 0 Å². The molecule has 0 aliphatic heterocycles. The molecule has 3 rings (SSSR count). The molecule has 3 aromatic rings. The van der Waals surface area contributed by atoms with Gasteiger partial charge in [0.1, 0.15) is 23.8 Å². The minimum Gasteiger partial charge on any atom is -0.388 e. The Hall–Kier alpha value is -1.98. The van der Waals surface area contributed by atoms with E-state index in [9.17, 15) is 9.50 Å². The molecule has 102 valence electrons. The number of halogens is 2. The lowest BCUT2D eigenvalue weighted by atomic mass is 10.2. The molecule has 0 amide bonds. The van der Waals surface area contributed by atoms with Gasteiger partial charge in [-0.25, -0.2) is 14.4 Å². The lowest BCUT2D eigenvalue weighted by Crippen LogP contribution is -2.08. The molecule has 0 saturated heterocycles. The number of aromatic nitrogens is 3. The van der Waals surface area contributed by atoms with Crippen molar-refractivity contribution in [3.05, 3.63) is 58.8 Å². The first-order valence-corrected chi connectivity index (χ1v) is 6.42. The molecular formula is C14H11ClFN3O. The van der Waals surface area contributed by atoms with Crippen LogP contribution in [0.25, 0.3) is 11.2 Å². The van der Waals surface area contributed by atoms with Crippen molar-refractivity contribution in [2.75, 3.05) is 0 Å². The fourth-order valence-corrected chi connectivity index (χ4v) is 2.36. The minimum absolute atomic E-state index is 0.176. The summed E-state index contributed by atoms with van der Waals surface area (Å²) in [6.45, 7) is -0.0721. The maximum Gasteiger partial charge on any atom is 0.160 e. The van der Waals surface area contributed by atoms with Crippen molar-refractivity contribution < 1.29 is 9.50 Å². The van der Waals surface area contributed by atoms with Crippen molar-refractivity contribution in [1.82, 2.24) is 14.5 Å². The van der Waals surface area contributed by atoms with E-state index in [2.05, 4.69) is 9.97 Å². The van der Waals surface area contributed by atoms with Gasteiger partial charge in [0.2, 0.25) is 0 Å². The first-order valence-electron chi connectivity index (χ1n) is 6.04. The third kappa shape index (κ3) is 2.15. The highest BCUT2D eigenvalue weighted by atomic mass is 35.5. The lowest BCUT2D eigenvalue weighted by Gasteiger charge is -2.09. The standard InChI is InChI=1S/C14H11ClFN3O/c15-10-3-1-4-11(16)9(10)7-19-13(8-20)18-12-5-2-6-17-14(12)19/h1-6,20H,7-8H2. The molecule has 0 unspecified atom stereocenters. The van der Waals surface area contributed by atoms with Gasteiger partial charge in [-0.3, -0.25) is 0 Å². The maximum atomic E-state index is 13.9. The quantitative estimate of drug-likeness (QED) is 0.807. The van der Waals surface area contributed by atoms with Crippen LogP contribution in [0, 0.1) is 5.82 Å². The van der Waals surface area contributed by atoms with E-state index in [1.54, 1.807) is 35.0 Å². The summed E-state index contributed by atoms with van der Waals surface area (Å²) in [5.41, 5.74) is 1.61. The molecule has 20 heavy (non-hydrogen) atoms. The van der Waals surface area contributed by atoms with E-state index in [0.717, 1.165) is 0 Å². The molecule has 1 aromatic carbocycles. The zero-order valence-electron chi connectivity index (χ0n) is 10.4. The molecule has 6 heteroatoms. The Morgan fingerprint density at radius 1 is 1.25 bits per heavy atom. The number of hydrogen-bond acceptors (Lipinski definition) is 3. The van der Waals surface area contributed by atoms with Gasteiger partial charge in [-0.15, -0.1) is 0 Å². The molecule has 0 radical (unpaired) electrons. The fourth-order valence-electron chi connectivity index (χ4n) is 2.13. The predicted molar refractivity (Wildman–Crippen MR) is 74.0 cm³/mol. The number of aliphatic hydroxyl groups excluding tert-OH is 1. The van der Waals surface area contributed by atoms with Crippen molar-refractivity contribution in [1.29, 1.82) is 0 Å². The van der Waals surface area contributed by atoms with Crippen LogP contribution < -0.4 is 0 Å². The first kappa shape index (κ1) is 13.0. The van der Waals surface area contributed by atoms with E-state index in [4.69, 9.17) is 11.6 Å². The Labute approximate surface area is 119 Å². The van der Waals surface area contributed by atoms with Gasteiger partial charge in [0.15, 0.2) is 5.65 Å². The van der Waals surface area contributed by atoms with Gasteiger partial charge in [-0.05, 0) is 24.3 Å². The van der Waals surface area contributed by atoms with Crippen molar-refractivity contribution in [3.63, 3.8) is 0 Å². The SMILES string of the molecule is OCc1nc2cccnc2n1Cc1c(F)cccc1Cl. The molecule has 0 aliphatic carbocycles. The third-order valence-corrected chi connectivity index (χ3v) is 3.46. The van der Waals surface area contributed by atoms with Crippen molar-refractivity contribution in [3.8, 4) is 0 Å². The molecule has 0 spiro atoms. The predicted octanol–water partition coefficient (Wildman–Crippen LogP) is 2.76. The Balaban J connectivity index is 2.15. The molecule has 2 heterocycles. The second kappa shape index (κ2) is 5.19. The van der Waals surface area contributed by atoms with Gasteiger partial charge in [0, 0.05) is 16.8 Å². The summed E-state index contributed by atoms with van der Waals surface area (Å²) >= 11 is 6.04. The number of fused-ring (bicyclic) bond motifs is 1. The summed E-state index contributed by atoms with van der Waals surface area (Å²) in [6, 6.07) is 8.09. The molecular weight excluding hydrogens is 281 g/mol. The highest BCUT2D eigenvalue weighted by Gasteiger charge is 2.14. The molecule has 1 N–H and O–H groups in total. The number of pyridine rings is 1. The average Bonchev–Trinajstić information content (AvgIpc) is 2.81. The Morgan fingerprint density at radius 3 is 2.85 bits per heavy atom. The van der Waals surface area contributed by atoms with Crippen LogP contribution in [0.1, 0.15) is 11.4 Å². The summed E-state index contributed by atoms with van der Waals surface area (Å²) in [5, 5.41) is 9.74. The second-order valence-corrected chi connectivity index (χ2v) is 4.73.